The van der Waals surface area contributed by atoms with E-state index in [1.54, 1.807) is 6.20 Å². The minimum atomic E-state index is -0.448. The Bertz CT molecular complexity index is 953. The third-order valence-electron chi connectivity index (χ3n) is 3.86. The highest BCUT2D eigenvalue weighted by Crippen LogP contribution is 2.32. The number of aromatic nitrogens is 2. The smallest absolute Gasteiger partial charge is 0.145 e. The molecule has 0 unspecified atom stereocenters. The lowest BCUT2D eigenvalue weighted by molar-refractivity contribution is 0.485. The molecule has 3 heteroatoms. The molecule has 2 nitrogen and oxygen atoms in total. The normalized spacial score (nSPS) is 11.7. The van der Waals surface area contributed by atoms with E-state index in [0.29, 0.717) is 5.56 Å². The highest BCUT2D eigenvalue weighted by Gasteiger charge is 2.11. The summed E-state index contributed by atoms with van der Waals surface area (Å²) in [5.41, 5.74) is 3.81. The maximum absolute atomic E-state index is 13.0. The number of halogens is 1. The van der Waals surface area contributed by atoms with Gasteiger partial charge in [-0.1, -0.05) is 24.3 Å². The molecule has 4 rings (SSSR count). The largest absolute Gasteiger partial charge is 0.299 e. The second-order valence-electron chi connectivity index (χ2n) is 5.11. The monoisotopic (exact) mass is 264 g/mol. The van der Waals surface area contributed by atoms with Gasteiger partial charge in [0.05, 0.1) is 5.52 Å². The number of rotatable bonds is 1. The summed E-state index contributed by atoms with van der Waals surface area (Å²) in [6.45, 7) is 1.59. The van der Waals surface area contributed by atoms with Crippen LogP contribution in [-0.2, 0) is 6.67 Å². The number of imidazole rings is 1. The molecule has 0 aliphatic rings. The van der Waals surface area contributed by atoms with Gasteiger partial charge in [0.25, 0.3) is 0 Å². The molecular weight excluding hydrogens is 251 g/mol. The van der Waals surface area contributed by atoms with E-state index in [0.717, 1.165) is 27.5 Å². The van der Waals surface area contributed by atoms with Crippen molar-refractivity contribution >= 4 is 27.3 Å². The van der Waals surface area contributed by atoms with Crippen molar-refractivity contribution in [3.05, 3.63) is 59.9 Å². The van der Waals surface area contributed by atoms with Crippen LogP contribution in [-0.4, -0.2) is 9.38 Å². The lowest BCUT2D eigenvalue weighted by atomic mass is 9.99. The molecule has 98 valence electrons. The van der Waals surface area contributed by atoms with Gasteiger partial charge in [0.15, 0.2) is 0 Å². The second kappa shape index (κ2) is 4.04. The number of benzene rings is 2. The number of aryl methyl sites for hydroxylation is 1. The molecular formula is C17H13FN2. The van der Waals surface area contributed by atoms with Crippen molar-refractivity contribution in [3.63, 3.8) is 0 Å². The lowest BCUT2D eigenvalue weighted by Crippen LogP contribution is -1.93. The first-order valence-electron chi connectivity index (χ1n) is 6.62. The predicted molar refractivity (Wildman–Crippen MR) is 79.8 cm³/mol. The van der Waals surface area contributed by atoms with Gasteiger partial charge in [-0.2, -0.15) is 0 Å². The number of fused-ring (bicyclic) bond motifs is 6. The fraction of sp³-hybridized carbons (Fsp3) is 0.118. The fourth-order valence-electron chi connectivity index (χ4n) is 3.07. The van der Waals surface area contributed by atoms with Crippen molar-refractivity contribution in [2.45, 2.75) is 13.6 Å². The Hall–Kier alpha value is -2.42. The van der Waals surface area contributed by atoms with Gasteiger partial charge in [0, 0.05) is 23.2 Å². The van der Waals surface area contributed by atoms with E-state index in [1.165, 1.54) is 5.39 Å². The summed E-state index contributed by atoms with van der Waals surface area (Å²) in [6, 6.07) is 12.1. The average Bonchev–Trinajstić information content (AvgIpc) is 2.96. The van der Waals surface area contributed by atoms with E-state index in [-0.39, 0.29) is 0 Å². The fourth-order valence-corrected chi connectivity index (χ4v) is 3.07. The van der Waals surface area contributed by atoms with Crippen LogP contribution in [0.5, 0.6) is 0 Å². The van der Waals surface area contributed by atoms with E-state index in [2.05, 4.69) is 21.5 Å². The summed E-state index contributed by atoms with van der Waals surface area (Å²) in [4.78, 5) is 4.45. The van der Waals surface area contributed by atoms with Crippen LogP contribution < -0.4 is 0 Å². The molecule has 0 fully saturated rings. The molecule has 0 bridgehead atoms. The van der Waals surface area contributed by atoms with E-state index < -0.39 is 6.67 Å². The molecule has 0 amide bonds. The first-order valence-corrected chi connectivity index (χ1v) is 6.62. The Balaban J connectivity index is 2.38. The first kappa shape index (κ1) is 11.4. The van der Waals surface area contributed by atoms with E-state index in [1.807, 2.05) is 37.4 Å². The molecule has 0 spiro atoms. The number of alkyl halides is 1. The van der Waals surface area contributed by atoms with Crippen LogP contribution in [0.3, 0.4) is 0 Å². The van der Waals surface area contributed by atoms with E-state index in [9.17, 15) is 4.39 Å². The third-order valence-corrected chi connectivity index (χ3v) is 3.86. The minimum Gasteiger partial charge on any atom is -0.299 e. The lowest BCUT2D eigenvalue weighted by Gasteiger charge is -2.11. The highest BCUT2D eigenvalue weighted by atomic mass is 19.1. The summed E-state index contributed by atoms with van der Waals surface area (Å²) in [5.74, 6) is 0. The summed E-state index contributed by atoms with van der Waals surface area (Å²) < 4.78 is 15.1. The SMILES string of the molecule is Cc1cc(CF)cc2c1c1ccccc1n1ccnc21. The van der Waals surface area contributed by atoms with Crippen molar-refractivity contribution in [1.29, 1.82) is 0 Å². The van der Waals surface area contributed by atoms with Crippen LogP contribution in [0, 0.1) is 6.92 Å². The quantitative estimate of drug-likeness (QED) is 0.465. The van der Waals surface area contributed by atoms with Crippen LogP contribution in [0.2, 0.25) is 0 Å². The maximum Gasteiger partial charge on any atom is 0.145 e. The highest BCUT2D eigenvalue weighted by molar-refractivity contribution is 6.13. The van der Waals surface area contributed by atoms with Crippen molar-refractivity contribution in [2.24, 2.45) is 0 Å². The summed E-state index contributed by atoms with van der Waals surface area (Å²) in [6.07, 6.45) is 3.74. The van der Waals surface area contributed by atoms with Gasteiger partial charge >= 0.3 is 0 Å². The van der Waals surface area contributed by atoms with Gasteiger partial charge in [-0.15, -0.1) is 0 Å². The molecule has 0 aliphatic heterocycles. The summed E-state index contributed by atoms with van der Waals surface area (Å²) >= 11 is 0. The first-order chi connectivity index (χ1) is 9.79. The Morgan fingerprint density at radius 1 is 1.15 bits per heavy atom. The topological polar surface area (TPSA) is 17.3 Å². The Morgan fingerprint density at radius 3 is 2.85 bits per heavy atom. The summed E-state index contributed by atoms with van der Waals surface area (Å²) in [7, 11) is 0. The van der Waals surface area contributed by atoms with Gasteiger partial charge in [0.2, 0.25) is 0 Å². The van der Waals surface area contributed by atoms with E-state index >= 15 is 0 Å². The zero-order valence-corrected chi connectivity index (χ0v) is 11.1. The number of pyridine rings is 1. The predicted octanol–water partition coefficient (Wildman–Crippen LogP) is 4.42. The number of hydrogen-bond acceptors (Lipinski definition) is 1. The van der Waals surface area contributed by atoms with Crippen molar-refractivity contribution < 1.29 is 4.39 Å². The van der Waals surface area contributed by atoms with Crippen LogP contribution >= 0.6 is 0 Å². The molecule has 0 saturated carbocycles. The van der Waals surface area contributed by atoms with Gasteiger partial charge in [0.1, 0.15) is 12.3 Å². The van der Waals surface area contributed by atoms with Crippen LogP contribution in [0.25, 0.3) is 27.3 Å². The van der Waals surface area contributed by atoms with Crippen molar-refractivity contribution in [1.82, 2.24) is 9.38 Å². The third kappa shape index (κ3) is 1.40. The number of para-hydroxylation sites is 1. The Kier molecular flexibility index (Phi) is 2.30. The molecule has 0 radical (unpaired) electrons. The Morgan fingerprint density at radius 2 is 2.00 bits per heavy atom. The van der Waals surface area contributed by atoms with E-state index in [4.69, 9.17) is 0 Å². The van der Waals surface area contributed by atoms with Gasteiger partial charge < -0.3 is 0 Å². The van der Waals surface area contributed by atoms with Gasteiger partial charge in [-0.3, -0.25) is 4.40 Å². The number of hydrogen-bond donors (Lipinski definition) is 0. The molecule has 20 heavy (non-hydrogen) atoms. The van der Waals surface area contributed by atoms with Gasteiger partial charge in [-0.05, 0) is 35.6 Å². The zero-order chi connectivity index (χ0) is 13.7. The molecule has 2 heterocycles. The summed E-state index contributed by atoms with van der Waals surface area (Å²) in [5, 5.41) is 3.36. The molecule has 0 saturated heterocycles. The zero-order valence-electron chi connectivity index (χ0n) is 11.1. The van der Waals surface area contributed by atoms with Crippen molar-refractivity contribution in [2.75, 3.05) is 0 Å². The number of nitrogens with zero attached hydrogens (tertiary/aromatic N) is 2. The van der Waals surface area contributed by atoms with Crippen LogP contribution in [0.4, 0.5) is 4.39 Å². The standard InChI is InChI=1S/C17H13FN2/c1-11-8-12(10-18)9-14-16(11)13-4-2-3-5-15(13)20-7-6-19-17(14)20/h2-9H,10H2,1H3. The average molecular weight is 264 g/mol. The molecule has 2 aromatic heterocycles. The Labute approximate surface area is 115 Å². The molecule has 0 atom stereocenters. The van der Waals surface area contributed by atoms with Crippen molar-refractivity contribution in [3.8, 4) is 0 Å². The molecule has 0 N–H and O–H groups in total. The van der Waals surface area contributed by atoms with Gasteiger partial charge in [-0.25, -0.2) is 9.37 Å². The van der Waals surface area contributed by atoms with Crippen LogP contribution in [0.1, 0.15) is 11.1 Å². The van der Waals surface area contributed by atoms with Crippen LogP contribution in [0.15, 0.2) is 48.8 Å². The maximum atomic E-state index is 13.0. The molecule has 0 aliphatic carbocycles. The molecule has 4 aromatic rings. The minimum absolute atomic E-state index is 0.448. The molecule has 2 aromatic carbocycles. The second-order valence-corrected chi connectivity index (χ2v) is 5.11.